The van der Waals surface area contributed by atoms with Gasteiger partial charge in [-0.2, -0.15) is 0 Å². The lowest BCUT2D eigenvalue weighted by molar-refractivity contribution is -0.143. The number of carbonyl (C=O) groups excluding carboxylic acids is 1. The molecular weight excluding hydrogens is 216 g/mol. The van der Waals surface area contributed by atoms with Crippen molar-refractivity contribution in [2.24, 2.45) is 17.8 Å². The molecule has 0 aliphatic heterocycles. The molecule has 1 N–H and O–H groups in total. The lowest BCUT2D eigenvalue weighted by Crippen LogP contribution is -2.19. The van der Waals surface area contributed by atoms with Gasteiger partial charge in [0.1, 0.15) is 5.78 Å². The molecule has 1 atom stereocenters. The Kier molecular flexibility index (Phi) is 7.85. The van der Waals surface area contributed by atoms with Gasteiger partial charge in [-0.25, -0.2) is 0 Å². The average molecular weight is 242 g/mol. The van der Waals surface area contributed by atoms with E-state index in [1.54, 1.807) is 0 Å². The van der Waals surface area contributed by atoms with Crippen molar-refractivity contribution >= 4 is 11.8 Å². The maximum atomic E-state index is 11.4. The van der Waals surface area contributed by atoms with Gasteiger partial charge in [-0.3, -0.25) is 9.59 Å². The Balaban J connectivity index is 3.70. The monoisotopic (exact) mass is 242 g/mol. The maximum Gasteiger partial charge on any atom is 0.306 e. The molecule has 100 valence electrons. The number of carboxylic acid groups (broad SMARTS) is 1. The predicted molar refractivity (Wildman–Crippen MR) is 68.9 cm³/mol. The quantitative estimate of drug-likeness (QED) is 0.629. The number of carboxylic acids is 1. The van der Waals surface area contributed by atoms with Crippen molar-refractivity contribution in [2.45, 2.75) is 59.8 Å². The van der Waals surface area contributed by atoms with Crippen LogP contribution in [0.2, 0.25) is 0 Å². The van der Waals surface area contributed by atoms with Crippen molar-refractivity contribution in [1.82, 2.24) is 0 Å². The summed E-state index contributed by atoms with van der Waals surface area (Å²) in [5, 5.41) is 9.01. The van der Waals surface area contributed by atoms with Gasteiger partial charge >= 0.3 is 5.97 Å². The first-order chi connectivity index (χ1) is 7.86. The van der Waals surface area contributed by atoms with Crippen LogP contribution in [0.25, 0.3) is 0 Å². The molecule has 0 aliphatic carbocycles. The standard InChI is InChI=1S/C14H26O3/c1-10(2)12(14(16)17)8-6-5-7-9-13(15)11(3)4/h10-12H,5-9H2,1-4H3,(H,16,17). The minimum Gasteiger partial charge on any atom is -0.481 e. The van der Waals surface area contributed by atoms with Crippen LogP contribution in [0.1, 0.15) is 59.8 Å². The predicted octanol–water partition coefficient (Wildman–Crippen LogP) is 3.52. The Morgan fingerprint density at radius 3 is 2.00 bits per heavy atom. The summed E-state index contributed by atoms with van der Waals surface area (Å²) in [4.78, 5) is 22.3. The Labute approximate surface area is 105 Å². The van der Waals surface area contributed by atoms with Crippen molar-refractivity contribution in [3.05, 3.63) is 0 Å². The molecule has 0 amide bonds. The van der Waals surface area contributed by atoms with Gasteiger partial charge in [-0.1, -0.05) is 40.5 Å². The number of aliphatic carboxylic acids is 1. The molecule has 0 aromatic rings. The largest absolute Gasteiger partial charge is 0.481 e. The van der Waals surface area contributed by atoms with E-state index in [-0.39, 0.29) is 17.8 Å². The van der Waals surface area contributed by atoms with Crippen LogP contribution in [0.3, 0.4) is 0 Å². The highest BCUT2D eigenvalue weighted by Gasteiger charge is 2.20. The van der Waals surface area contributed by atoms with Gasteiger partial charge in [0.05, 0.1) is 5.92 Å². The number of carbonyl (C=O) groups is 2. The molecule has 0 aromatic carbocycles. The second kappa shape index (κ2) is 8.26. The molecule has 1 unspecified atom stereocenters. The zero-order valence-electron chi connectivity index (χ0n) is 11.5. The van der Waals surface area contributed by atoms with Gasteiger partial charge in [0.15, 0.2) is 0 Å². The summed E-state index contributed by atoms with van der Waals surface area (Å²) >= 11 is 0. The van der Waals surface area contributed by atoms with Crippen LogP contribution < -0.4 is 0 Å². The minimum atomic E-state index is -0.696. The van der Waals surface area contributed by atoms with E-state index in [1.807, 2.05) is 27.7 Å². The summed E-state index contributed by atoms with van der Waals surface area (Å²) in [5.41, 5.74) is 0. The summed E-state index contributed by atoms with van der Waals surface area (Å²) in [6.07, 6.45) is 4.11. The van der Waals surface area contributed by atoms with E-state index in [4.69, 9.17) is 5.11 Å². The summed E-state index contributed by atoms with van der Waals surface area (Å²) < 4.78 is 0. The van der Waals surface area contributed by atoms with Crippen molar-refractivity contribution < 1.29 is 14.7 Å². The summed E-state index contributed by atoms with van der Waals surface area (Å²) in [7, 11) is 0. The molecule has 0 saturated carbocycles. The zero-order chi connectivity index (χ0) is 13.4. The Bertz CT molecular complexity index is 244. The van der Waals surface area contributed by atoms with E-state index < -0.39 is 5.97 Å². The third-order valence-electron chi connectivity index (χ3n) is 3.20. The second-order valence-corrected chi connectivity index (χ2v) is 5.41. The van der Waals surface area contributed by atoms with Crippen LogP contribution in [0.4, 0.5) is 0 Å². The van der Waals surface area contributed by atoms with E-state index in [2.05, 4.69) is 0 Å². The highest BCUT2D eigenvalue weighted by molar-refractivity contribution is 5.80. The number of ketones is 1. The van der Waals surface area contributed by atoms with Crippen molar-refractivity contribution in [3.63, 3.8) is 0 Å². The van der Waals surface area contributed by atoms with Gasteiger partial charge in [-0.05, 0) is 18.8 Å². The van der Waals surface area contributed by atoms with Crippen LogP contribution >= 0.6 is 0 Å². The summed E-state index contributed by atoms with van der Waals surface area (Å²) in [6, 6.07) is 0. The first-order valence-electron chi connectivity index (χ1n) is 6.61. The molecule has 0 saturated heterocycles. The molecule has 0 heterocycles. The van der Waals surface area contributed by atoms with Crippen LogP contribution in [-0.2, 0) is 9.59 Å². The van der Waals surface area contributed by atoms with Gasteiger partial charge in [0.25, 0.3) is 0 Å². The molecule has 3 heteroatoms. The maximum absolute atomic E-state index is 11.4. The fraction of sp³-hybridized carbons (Fsp3) is 0.857. The Morgan fingerprint density at radius 2 is 1.59 bits per heavy atom. The average Bonchev–Trinajstić information content (AvgIpc) is 2.21. The molecular formula is C14H26O3. The van der Waals surface area contributed by atoms with Crippen molar-refractivity contribution in [3.8, 4) is 0 Å². The van der Waals surface area contributed by atoms with Gasteiger partial charge in [0.2, 0.25) is 0 Å². The van der Waals surface area contributed by atoms with Gasteiger partial charge in [-0.15, -0.1) is 0 Å². The fourth-order valence-corrected chi connectivity index (χ4v) is 1.87. The lowest BCUT2D eigenvalue weighted by Gasteiger charge is -2.15. The molecule has 0 fully saturated rings. The number of Topliss-reactive ketones (excluding diaryl/α,β-unsaturated/α-hetero) is 1. The molecule has 0 spiro atoms. The summed E-state index contributed by atoms with van der Waals surface area (Å²) in [6.45, 7) is 7.73. The van der Waals surface area contributed by atoms with Crippen LogP contribution in [0.15, 0.2) is 0 Å². The highest BCUT2D eigenvalue weighted by atomic mass is 16.4. The van der Waals surface area contributed by atoms with Gasteiger partial charge < -0.3 is 5.11 Å². The van der Waals surface area contributed by atoms with E-state index >= 15 is 0 Å². The molecule has 0 rings (SSSR count). The topological polar surface area (TPSA) is 54.4 Å². The molecule has 0 aliphatic rings. The zero-order valence-corrected chi connectivity index (χ0v) is 11.5. The number of rotatable bonds is 9. The van der Waals surface area contributed by atoms with Crippen LogP contribution in [0, 0.1) is 17.8 Å². The first kappa shape index (κ1) is 16.1. The fourth-order valence-electron chi connectivity index (χ4n) is 1.87. The van der Waals surface area contributed by atoms with E-state index in [0.29, 0.717) is 12.2 Å². The van der Waals surface area contributed by atoms with Crippen LogP contribution in [-0.4, -0.2) is 16.9 Å². The normalized spacial score (nSPS) is 13.1. The Morgan fingerprint density at radius 1 is 1.00 bits per heavy atom. The first-order valence-corrected chi connectivity index (χ1v) is 6.61. The number of hydrogen-bond acceptors (Lipinski definition) is 2. The smallest absolute Gasteiger partial charge is 0.306 e. The summed E-state index contributed by atoms with van der Waals surface area (Å²) in [5.74, 6) is -0.320. The van der Waals surface area contributed by atoms with Crippen molar-refractivity contribution in [1.29, 1.82) is 0 Å². The van der Waals surface area contributed by atoms with Crippen molar-refractivity contribution in [2.75, 3.05) is 0 Å². The number of hydrogen-bond donors (Lipinski definition) is 1. The Hall–Kier alpha value is -0.860. The van der Waals surface area contributed by atoms with E-state index in [1.165, 1.54) is 0 Å². The molecule has 17 heavy (non-hydrogen) atoms. The lowest BCUT2D eigenvalue weighted by atomic mass is 9.90. The second-order valence-electron chi connectivity index (χ2n) is 5.41. The molecule has 3 nitrogen and oxygen atoms in total. The minimum absolute atomic E-state index is 0.123. The van der Waals surface area contributed by atoms with E-state index in [0.717, 1.165) is 25.7 Å². The third-order valence-corrected chi connectivity index (χ3v) is 3.20. The van der Waals surface area contributed by atoms with E-state index in [9.17, 15) is 9.59 Å². The van der Waals surface area contributed by atoms with Crippen LogP contribution in [0.5, 0.6) is 0 Å². The molecule has 0 aromatic heterocycles. The molecule has 0 radical (unpaired) electrons. The number of unbranched alkanes of at least 4 members (excludes halogenated alkanes) is 2. The molecule has 0 bridgehead atoms. The highest BCUT2D eigenvalue weighted by Crippen LogP contribution is 2.19. The van der Waals surface area contributed by atoms with Gasteiger partial charge in [0, 0.05) is 12.3 Å². The SMILES string of the molecule is CC(C)C(=O)CCCCCC(C(=O)O)C(C)C. The third kappa shape index (κ3) is 7.14.